The number of H-pyrrole nitrogens is 1. The fraction of sp³-hybridized carbons (Fsp3) is 0.333. The first-order chi connectivity index (χ1) is 6.74. The van der Waals surface area contributed by atoms with Crippen molar-refractivity contribution in [3.63, 3.8) is 0 Å². The quantitative estimate of drug-likeness (QED) is 0.747. The molecule has 0 radical (unpaired) electrons. The van der Waals surface area contributed by atoms with Gasteiger partial charge in [0.05, 0.1) is 0 Å². The summed E-state index contributed by atoms with van der Waals surface area (Å²) in [5.41, 5.74) is 9.77. The molecule has 1 aromatic heterocycles. The molecule has 2 nitrogen and oxygen atoms in total. The average molecular weight is 188 g/mol. The Bertz CT molecular complexity index is 443. The Morgan fingerprint density at radius 3 is 2.93 bits per heavy atom. The van der Waals surface area contributed by atoms with Gasteiger partial charge in [0.2, 0.25) is 0 Å². The monoisotopic (exact) mass is 188 g/mol. The van der Waals surface area contributed by atoms with Gasteiger partial charge in [0, 0.05) is 23.1 Å². The van der Waals surface area contributed by atoms with Crippen molar-refractivity contribution in [3.05, 3.63) is 35.5 Å². The Kier molecular flexibility index (Phi) is 2.30. The highest BCUT2D eigenvalue weighted by Gasteiger charge is 2.10. The van der Waals surface area contributed by atoms with Gasteiger partial charge in [0.25, 0.3) is 0 Å². The van der Waals surface area contributed by atoms with Gasteiger partial charge in [0.15, 0.2) is 0 Å². The smallest absolute Gasteiger partial charge is 0.0460 e. The number of aromatic nitrogens is 1. The maximum Gasteiger partial charge on any atom is 0.0460 e. The fourth-order valence-corrected chi connectivity index (χ4v) is 1.91. The van der Waals surface area contributed by atoms with Gasteiger partial charge >= 0.3 is 0 Å². The molecule has 0 aliphatic carbocycles. The molecule has 1 heterocycles. The maximum absolute atomic E-state index is 6.05. The van der Waals surface area contributed by atoms with Crippen LogP contribution in [0.25, 0.3) is 10.9 Å². The van der Waals surface area contributed by atoms with Crippen LogP contribution < -0.4 is 5.73 Å². The molecule has 0 saturated heterocycles. The molecule has 14 heavy (non-hydrogen) atoms. The zero-order chi connectivity index (χ0) is 10.1. The Balaban J connectivity index is 2.67. The molecule has 0 saturated carbocycles. The van der Waals surface area contributed by atoms with Crippen molar-refractivity contribution in [2.24, 2.45) is 5.73 Å². The molecule has 0 bridgehead atoms. The summed E-state index contributed by atoms with van der Waals surface area (Å²) in [6.45, 7) is 4.24. The van der Waals surface area contributed by atoms with Gasteiger partial charge in [-0.25, -0.2) is 0 Å². The topological polar surface area (TPSA) is 41.8 Å². The van der Waals surface area contributed by atoms with E-state index >= 15 is 0 Å². The van der Waals surface area contributed by atoms with Crippen molar-refractivity contribution in [3.8, 4) is 0 Å². The van der Waals surface area contributed by atoms with Gasteiger partial charge < -0.3 is 10.7 Å². The van der Waals surface area contributed by atoms with E-state index in [1.807, 2.05) is 6.20 Å². The van der Waals surface area contributed by atoms with Crippen LogP contribution in [0.2, 0.25) is 0 Å². The third kappa shape index (κ3) is 1.32. The summed E-state index contributed by atoms with van der Waals surface area (Å²) in [6, 6.07) is 6.43. The number of benzene rings is 1. The van der Waals surface area contributed by atoms with E-state index in [4.69, 9.17) is 5.73 Å². The average Bonchev–Trinajstić information content (AvgIpc) is 2.62. The summed E-state index contributed by atoms with van der Waals surface area (Å²) in [6.07, 6.45) is 3.01. The molecular weight excluding hydrogens is 172 g/mol. The van der Waals surface area contributed by atoms with Crippen molar-refractivity contribution in [2.75, 3.05) is 0 Å². The molecule has 0 amide bonds. The summed E-state index contributed by atoms with van der Waals surface area (Å²) in [7, 11) is 0. The minimum absolute atomic E-state index is 0.143. The number of nitrogens with one attached hydrogen (secondary N) is 1. The first-order valence-electron chi connectivity index (χ1n) is 5.06. The molecule has 74 valence electrons. The highest BCUT2D eigenvalue weighted by molar-refractivity contribution is 5.86. The van der Waals surface area contributed by atoms with Gasteiger partial charge in [-0.2, -0.15) is 0 Å². The number of aromatic amines is 1. The van der Waals surface area contributed by atoms with Crippen LogP contribution in [0.15, 0.2) is 24.4 Å². The van der Waals surface area contributed by atoms with Crippen LogP contribution in [-0.2, 0) is 0 Å². The molecule has 0 aliphatic heterocycles. The first-order valence-corrected chi connectivity index (χ1v) is 5.06. The van der Waals surface area contributed by atoms with Crippen molar-refractivity contribution in [1.82, 2.24) is 4.98 Å². The highest BCUT2D eigenvalue weighted by atomic mass is 14.7. The van der Waals surface area contributed by atoms with Crippen LogP contribution in [0, 0.1) is 6.92 Å². The SMILES string of the molecule is CC[C@H](N)c1c[nH]c2cccc(C)c12. The fourth-order valence-electron chi connectivity index (χ4n) is 1.91. The Morgan fingerprint density at radius 1 is 1.43 bits per heavy atom. The third-order valence-corrected chi connectivity index (χ3v) is 2.78. The van der Waals surface area contributed by atoms with Crippen molar-refractivity contribution in [1.29, 1.82) is 0 Å². The van der Waals surface area contributed by atoms with Gasteiger partial charge in [-0.1, -0.05) is 19.1 Å². The Hall–Kier alpha value is -1.28. The largest absolute Gasteiger partial charge is 0.361 e. The number of hydrogen-bond donors (Lipinski definition) is 2. The molecule has 2 rings (SSSR count). The zero-order valence-electron chi connectivity index (χ0n) is 8.67. The second kappa shape index (κ2) is 3.46. The summed E-state index contributed by atoms with van der Waals surface area (Å²) in [4.78, 5) is 3.26. The summed E-state index contributed by atoms with van der Waals surface area (Å²) in [5, 5.41) is 1.29. The Morgan fingerprint density at radius 2 is 2.21 bits per heavy atom. The normalized spacial score (nSPS) is 13.4. The second-order valence-electron chi connectivity index (χ2n) is 3.76. The molecule has 2 aromatic rings. The molecule has 0 aliphatic rings. The van der Waals surface area contributed by atoms with Crippen LogP contribution >= 0.6 is 0 Å². The summed E-state index contributed by atoms with van der Waals surface area (Å²) in [5.74, 6) is 0. The standard InChI is InChI=1S/C12H16N2/c1-3-10(13)9-7-14-11-6-4-5-8(2)12(9)11/h4-7,10,14H,3,13H2,1-2H3/t10-/m0/s1. The second-order valence-corrected chi connectivity index (χ2v) is 3.76. The van der Waals surface area contributed by atoms with E-state index in [1.165, 1.54) is 22.0 Å². The molecule has 0 spiro atoms. The number of rotatable bonds is 2. The zero-order valence-corrected chi connectivity index (χ0v) is 8.67. The van der Waals surface area contributed by atoms with Gasteiger partial charge in [-0.05, 0) is 30.5 Å². The minimum Gasteiger partial charge on any atom is -0.361 e. The van der Waals surface area contributed by atoms with Crippen LogP contribution in [0.4, 0.5) is 0 Å². The van der Waals surface area contributed by atoms with Gasteiger partial charge in [-0.3, -0.25) is 0 Å². The molecule has 1 atom stereocenters. The lowest BCUT2D eigenvalue weighted by Crippen LogP contribution is -2.07. The van der Waals surface area contributed by atoms with Crippen molar-refractivity contribution >= 4 is 10.9 Å². The summed E-state index contributed by atoms with van der Waals surface area (Å²) < 4.78 is 0. The Labute approximate surface area is 84.1 Å². The maximum atomic E-state index is 6.05. The van der Waals surface area contributed by atoms with Crippen molar-refractivity contribution < 1.29 is 0 Å². The van der Waals surface area contributed by atoms with Gasteiger partial charge in [0.1, 0.15) is 0 Å². The van der Waals surface area contributed by atoms with E-state index in [2.05, 4.69) is 37.0 Å². The first kappa shape index (κ1) is 9.28. The predicted molar refractivity (Wildman–Crippen MR) is 60.3 cm³/mol. The molecule has 3 N–H and O–H groups in total. The predicted octanol–water partition coefficient (Wildman–Crippen LogP) is 2.89. The van der Waals surface area contributed by atoms with E-state index in [1.54, 1.807) is 0 Å². The lowest BCUT2D eigenvalue weighted by atomic mass is 10.0. The van der Waals surface area contributed by atoms with Gasteiger partial charge in [-0.15, -0.1) is 0 Å². The number of fused-ring (bicyclic) bond motifs is 1. The van der Waals surface area contributed by atoms with Crippen LogP contribution in [0.1, 0.15) is 30.5 Å². The third-order valence-electron chi connectivity index (χ3n) is 2.78. The van der Waals surface area contributed by atoms with E-state index in [0.717, 1.165) is 6.42 Å². The van der Waals surface area contributed by atoms with E-state index in [0.29, 0.717) is 0 Å². The molecule has 2 heteroatoms. The van der Waals surface area contributed by atoms with Crippen LogP contribution in [0.5, 0.6) is 0 Å². The van der Waals surface area contributed by atoms with E-state index in [-0.39, 0.29) is 6.04 Å². The molecule has 1 aromatic carbocycles. The number of nitrogens with two attached hydrogens (primary N) is 1. The highest BCUT2D eigenvalue weighted by Crippen LogP contribution is 2.27. The lowest BCUT2D eigenvalue weighted by molar-refractivity contribution is 0.704. The molecule has 0 fully saturated rings. The van der Waals surface area contributed by atoms with E-state index in [9.17, 15) is 0 Å². The van der Waals surface area contributed by atoms with Crippen LogP contribution in [0.3, 0.4) is 0 Å². The lowest BCUT2D eigenvalue weighted by Gasteiger charge is -2.08. The number of hydrogen-bond acceptors (Lipinski definition) is 1. The van der Waals surface area contributed by atoms with Crippen molar-refractivity contribution in [2.45, 2.75) is 26.3 Å². The number of aryl methyl sites for hydroxylation is 1. The van der Waals surface area contributed by atoms with Crippen LogP contribution in [-0.4, -0.2) is 4.98 Å². The molecular formula is C12H16N2. The minimum atomic E-state index is 0.143. The molecule has 0 unspecified atom stereocenters. The summed E-state index contributed by atoms with van der Waals surface area (Å²) >= 11 is 0. The van der Waals surface area contributed by atoms with E-state index < -0.39 is 0 Å².